The van der Waals surface area contributed by atoms with Gasteiger partial charge in [-0.15, -0.1) is 0 Å². The Morgan fingerprint density at radius 1 is 0.875 bits per heavy atom. The first-order valence-corrected chi connectivity index (χ1v) is 8.13. The topological polar surface area (TPSA) is 25.2 Å². The molecular formula is C20H19ClN2O. The predicted molar refractivity (Wildman–Crippen MR) is 101 cm³/mol. The van der Waals surface area contributed by atoms with E-state index < -0.39 is 0 Å². The summed E-state index contributed by atoms with van der Waals surface area (Å²) >= 11 is 5.91. The van der Waals surface area contributed by atoms with Gasteiger partial charge in [-0.2, -0.15) is 0 Å². The average molecular weight is 339 g/mol. The zero-order valence-electron chi connectivity index (χ0n) is 13.7. The highest BCUT2D eigenvalue weighted by Gasteiger charge is 2.04. The van der Waals surface area contributed by atoms with Crippen molar-refractivity contribution in [2.45, 2.75) is 6.54 Å². The van der Waals surface area contributed by atoms with E-state index in [4.69, 9.17) is 11.6 Å². The number of pyridine rings is 1. The van der Waals surface area contributed by atoms with Crippen LogP contribution in [-0.2, 0) is 6.54 Å². The van der Waals surface area contributed by atoms with Gasteiger partial charge in [0.25, 0.3) is 5.56 Å². The van der Waals surface area contributed by atoms with Gasteiger partial charge in [0.1, 0.15) is 0 Å². The second kappa shape index (κ2) is 6.93. The highest BCUT2D eigenvalue weighted by molar-refractivity contribution is 6.30. The van der Waals surface area contributed by atoms with Gasteiger partial charge in [0, 0.05) is 37.1 Å². The molecule has 4 heteroatoms. The fourth-order valence-electron chi connectivity index (χ4n) is 2.56. The van der Waals surface area contributed by atoms with Crippen LogP contribution in [-0.4, -0.2) is 18.7 Å². The highest BCUT2D eigenvalue weighted by Crippen LogP contribution is 2.21. The SMILES string of the molecule is CN(C)c1ccc(-c2ccc(=O)n(Cc3ccc(Cl)cc3)c2)cc1. The van der Waals surface area contributed by atoms with Gasteiger partial charge in [-0.3, -0.25) is 4.79 Å². The number of halogens is 1. The molecule has 1 aromatic heterocycles. The average Bonchev–Trinajstić information content (AvgIpc) is 2.59. The van der Waals surface area contributed by atoms with Crippen molar-refractivity contribution in [2.24, 2.45) is 0 Å². The molecule has 0 spiro atoms. The Bertz CT molecular complexity index is 881. The first-order chi connectivity index (χ1) is 11.5. The smallest absolute Gasteiger partial charge is 0.250 e. The third-order valence-electron chi connectivity index (χ3n) is 3.97. The molecule has 0 saturated heterocycles. The molecule has 122 valence electrons. The third-order valence-corrected chi connectivity index (χ3v) is 4.22. The van der Waals surface area contributed by atoms with Crippen LogP contribution in [0.3, 0.4) is 0 Å². The Morgan fingerprint density at radius 2 is 1.50 bits per heavy atom. The molecular weight excluding hydrogens is 320 g/mol. The second-order valence-electron chi connectivity index (χ2n) is 5.95. The summed E-state index contributed by atoms with van der Waals surface area (Å²) in [5, 5.41) is 0.695. The summed E-state index contributed by atoms with van der Waals surface area (Å²) in [5.74, 6) is 0. The van der Waals surface area contributed by atoms with E-state index in [9.17, 15) is 4.79 Å². The molecule has 0 aliphatic rings. The molecule has 0 radical (unpaired) electrons. The number of anilines is 1. The van der Waals surface area contributed by atoms with Crippen molar-refractivity contribution in [1.29, 1.82) is 0 Å². The summed E-state index contributed by atoms with van der Waals surface area (Å²) in [7, 11) is 4.03. The summed E-state index contributed by atoms with van der Waals surface area (Å²) < 4.78 is 1.72. The summed E-state index contributed by atoms with van der Waals surface area (Å²) in [6.45, 7) is 0.527. The van der Waals surface area contributed by atoms with Gasteiger partial charge < -0.3 is 9.47 Å². The number of benzene rings is 2. The molecule has 1 heterocycles. The van der Waals surface area contributed by atoms with Gasteiger partial charge in [0.2, 0.25) is 0 Å². The Kier molecular flexibility index (Phi) is 4.72. The van der Waals surface area contributed by atoms with Crippen molar-refractivity contribution in [1.82, 2.24) is 4.57 Å². The molecule has 0 unspecified atom stereocenters. The van der Waals surface area contributed by atoms with Crippen molar-refractivity contribution in [3.63, 3.8) is 0 Å². The van der Waals surface area contributed by atoms with Crippen LogP contribution in [0.1, 0.15) is 5.56 Å². The number of rotatable bonds is 4. The van der Waals surface area contributed by atoms with E-state index in [1.54, 1.807) is 10.6 Å². The Labute approximate surface area is 146 Å². The van der Waals surface area contributed by atoms with Crippen LogP contribution in [0.15, 0.2) is 71.7 Å². The van der Waals surface area contributed by atoms with Gasteiger partial charge in [0.15, 0.2) is 0 Å². The second-order valence-corrected chi connectivity index (χ2v) is 6.39. The van der Waals surface area contributed by atoms with Crippen LogP contribution in [0.4, 0.5) is 5.69 Å². The lowest BCUT2D eigenvalue weighted by atomic mass is 10.1. The minimum Gasteiger partial charge on any atom is -0.378 e. The van der Waals surface area contributed by atoms with E-state index in [1.807, 2.05) is 50.6 Å². The third kappa shape index (κ3) is 3.69. The Hall–Kier alpha value is -2.52. The predicted octanol–water partition coefficient (Wildman–Crippen LogP) is 4.28. The number of aromatic nitrogens is 1. The van der Waals surface area contributed by atoms with Crippen molar-refractivity contribution >= 4 is 17.3 Å². The molecule has 0 saturated carbocycles. The van der Waals surface area contributed by atoms with E-state index in [-0.39, 0.29) is 5.56 Å². The van der Waals surface area contributed by atoms with Crippen LogP contribution in [0.25, 0.3) is 11.1 Å². The molecule has 0 atom stereocenters. The molecule has 24 heavy (non-hydrogen) atoms. The zero-order chi connectivity index (χ0) is 17.1. The van der Waals surface area contributed by atoms with Crippen molar-refractivity contribution in [2.75, 3.05) is 19.0 Å². The summed E-state index contributed by atoms with van der Waals surface area (Å²) in [6, 6.07) is 19.3. The standard InChI is InChI=1S/C20H19ClN2O/c1-22(2)19-10-5-16(6-11-19)17-7-12-20(24)23(14-17)13-15-3-8-18(21)9-4-15/h3-12,14H,13H2,1-2H3. The van der Waals surface area contributed by atoms with E-state index in [2.05, 4.69) is 29.2 Å². The van der Waals surface area contributed by atoms with Gasteiger partial charge in [0.05, 0.1) is 6.54 Å². The van der Waals surface area contributed by atoms with E-state index in [1.165, 1.54) is 0 Å². The molecule has 0 aliphatic heterocycles. The summed E-state index contributed by atoms with van der Waals surface area (Å²) in [5.41, 5.74) is 4.28. The van der Waals surface area contributed by atoms with Crippen molar-refractivity contribution in [3.05, 3.63) is 87.8 Å². The summed E-state index contributed by atoms with van der Waals surface area (Å²) in [6.07, 6.45) is 1.90. The van der Waals surface area contributed by atoms with Crippen LogP contribution in [0.5, 0.6) is 0 Å². The van der Waals surface area contributed by atoms with Crippen LogP contribution in [0, 0.1) is 0 Å². The minimum atomic E-state index is -0.0152. The number of hydrogen-bond acceptors (Lipinski definition) is 2. The fourth-order valence-corrected chi connectivity index (χ4v) is 2.69. The zero-order valence-corrected chi connectivity index (χ0v) is 14.5. The largest absolute Gasteiger partial charge is 0.378 e. The molecule has 0 aliphatic carbocycles. The van der Waals surface area contributed by atoms with Crippen LogP contribution in [0.2, 0.25) is 5.02 Å². The fraction of sp³-hybridized carbons (Fsp3) is 0.150. The maximum Gasteiger partial charge on any atom is 0.250 e. The molecule has 0 fully saturated rings. The highest BCUT2D eigenvalue weighted by atomic mass is 35.5. The molecule has 0 N–H and O–H groups in total. The number of nitrogens with zero attached hydrogens (tertiary/aromatic N) is 2. The first-order valence-electron chi connectivity index (χ1n) is 7.75. The maximum absolute atomic E-state index is 12.1. The molecule has 0 bridgehead atoms. The van der Waals surface area contributed by atoms with Gasteiger partial charge in [-0.25, -0.2) is 0 Å². The van der Waals surface area contributed by atoms with E-state index in [0.29, 0.717) is 11.6 Å². The maximum atomic E-state index is 12.1. The van der Waals surface area contributed by atoms with E-state index >= 15 is 0 Å². The van der Waals surface area contributed by atoms with Gasteiger partial charge in [-0.1, -0.05) is 35.9 Å². The Morgan fingerprint density at radius 3 is 2.12 bits per heavy atom. The van der Waals surface area contributed by atoms with Gasteiger partial charge in [-0.05, 0) is 47.0 Å². The Balaban J connectivity index is 1.90. The lowest BCUT2D eigenvalue weighted by Crippen LogP contribution is -2.19. The van der Waals surface area contributed by atoms with Crippen molar-refractivity contribution in [3.8, 4) is 11.1 Å². The molecule has 3 rings (SSSR count). The van der Waals surface area contributed by atoms with Crippen molar-refractivity contribution < 1.29 is 0 Å². The minimum absolute atomic E-state index is 0.0152. The molecule has 0 amide bonds. The lowest BCUT2D eigenvalue weighted by molar-refractivity contribution is 0.761. The first kappa shape index (κ1) is 16.3. The van der Waals surface area contributed by atoms with Crippen LogP contribution < -0.4 is 10.5 Å². The summed E-state index contributed by atoms with van der Waals surface area (Å²) in [4.78, 5) is 14.2. The van der Waals surface area contributed by atoms with Crippen LogP contribution >= 0.6 is 11.6 Å². The number of hydrogen-bond donors (Lipinski definition) is 0. The monoisotopic (exact) mass is 338 g/mol. The quantitative estimate of drug-likeness (QED) is 0.709. The molecule has 3 aromatic rings. The normalized spacial score (nSPS) is 10.6. The molecule has 2 aromatic carbocycles. The van der Waals surface area contributed by atoms with E-state index in [0.717, 1.165) is 22.4 Å². The molecule has 3 nitrogen and oxygen atoms in total. The van der Waals surface area contributed by atoms with Gasteiger partial charge >= 0.3 is 0 Å². The lowest BCUT2D eigenvalue weighted by Gasteiger charge is -2.13.